The molecule has 0 fully saturated rings. The molecule has 0 saturated carbocycles. The van der Waals surface area contributed by atoms with E-state index in [-0.39, 0.29) is 17.5 Å². The molecule has 3 rings (SSSR count). The van der Waals surface area contributed by atoms with E-state index in [9.17, 15) is 9.59 Å². The van der Waals surface area contributed by atoms with Gasteiger partial charge in [-0.15, -0.1) is 0 Å². The van der Waals surface area contributed by atoms with Crippen LogP contribution in [0.4, 0.5) is 11.4 Å². The van der Waals surface area contributed by atoms with E-state index >= 15 is 0 Å². The molecular formula is C22H20N2O3. The van der Waals surface area contributed by atoms with Crippen LogP contribution in [0.2, 0.25) is 0 Å². The highest BCUT2D eigenvalue weighted by atomic mass is 16.3. The molecule has 0 aliphatic heterocycles. The summed E-state index contributed by atoms with van der Waals surface area (Å²) in [4.78, 5) is 24.1. The summed E-state index contributed by atoms with van der Waals surface area (Å²) in [6.07, 6.45) is 4.55. The zero-order chi connectivity index (χ0) is 19.2. The molecule has 136 valence electrons. The summed E-state index contributed by atoms with van der Waals surface area (Å²) in [6.45, 7) is 4.00. The van der Waals surface area contributed by atoms with Crippen molar-refractivity contribution in [3.05, 3.63) is 95.6 Å². The lowest BCUT2D eigenvalue weighted by molar-refractivity contribution is 0.0995. The van der Waals surface area contributed by atoms with Crippen LogP contribution in [0.15, 0.2) is 77.6 Å². The van der Waals surface area contributed by atoms with Crippen LogP contribution in [0.25, 0.3) is 0 Å². The Balaban J connectivity index is 1.56. The van der Waals surface area contributed by atoms with Crippen molar-refractivity contribution in [3.8, 4) is 0 Å². The smallest absolute Gasteiger partial charge is 0.291 e. The maximum absolute atomic E-state index is 12.2. The maximum Gasteiger partial charge on any atom is 0.291 e. The predicted octanol–water partition coefficient (Wildman–Crippen LogP) is 4.96. The Morgan fingerprint density at radius 2 is 1.67 bits per heavy atom. The molecule has 0 aliphatic carbocycles. The normalized spacial score (nSPS) is 10.7. The van der Waals surface area contributed by atoms with Crippen LogP contribution in [-0.2, 0) is 0 Å². The van der Waals surface area contributed by atoms with Crippen LogP contribution in [0.3, 0.4) is 0 Å². The predicted molar refractivity (Wildman–Crippen MR) is 106 cm³/mol. The fourth-order valence-corrected chi connectivity index (χ4v) is 2.45. The molecule has 5 heteroatoms. The Bertz CT molecular complexity index is 971. The van der Waals surface area contributed by atoms with Crippen molar-refractivity contribution in [2.75, 3.05) is 10.6 Å². The van der Waals surface area contributed by atoms with Gasteiger partial charge in [-0.3, -0.25) is 9.59 Å². The SMILES string of the molecule is Cc1ccc(C(=O)/C=C/Nc2ccc(NC(=O)c3ccco3)cc2)cc1C. The first kappa shape index (κ1) is 18.2. The Labute approximate surface area is 157 Å². The van der Waals surface area contributed by atoms with Gasteiger partial charge in [0.15, 0.2) is 11.5 Å². The summed E-state index contributed by atoms with van der Waals surface area (Å²) in [7, 11) is 0. The van der Waals surface area contributed by atoms with Gasteiger partial charge in [-0.2, -0.15) is 0 Å². The van der Waals surface area contributed by atoms with Crippen molar-refractivity contribution in [2.24, 2.45) is 0 Å². The minimum absolute atomic E-state index is 0.0621. The van der Waals surface area contributed by atoms with Gasteiger partial charge in [0.05, 0.1) is 6.26 Å². The molecule has 1 amide bonds. The van der Waals surface area contributed by atoms with Crippen molar-refractivity contribution in [2.45, 2.75) is 13.8 Å². The van der Waals surface area contributed by atoms with Gasteiger partial charge in [0.1, 0.15) is 0 Å². The number of nitrogens with one attached hydrogen (secondary N) is 2. The standard InChI is InChI=1S/C22H20N2O3/c1-15-5-6-17(14-16(15)2)20(25)11-12-23-18-7-9-19(10-8-18)24-22(26)21-4-3-13-27-21/h3-14,23H,1-2H3,(H,24,26)/b12-11+. The van der Waals surface area contributed by atoms with Crippen molar-refractivity contribution >= 4 is 23.1 Å². The van der Waals surface area contributed by atoms with Gasteiger partial charge < -0.3 is 15.1 Å². The van der Waals surface area contributed by atoms with E-state index in [0.29, 0.717) is 11.3 Å². The number of furan rings is 1. The zero-order valence-corrected chi connectivity index (χ0v) is 15.2. The lowest BCUT2D eigenvalue weighted by Gasteiger charge is -2.05. The number of ketones is 1. The average molecular weight is 360 g/mol. The number of hydrogen-bond donors (Lipinski definition) is 2. The average Bonchev–Trinajstić information content (AvgIpc) is 3.20. The second kappa shape index (κ2) is 8.19. The van der Waals surface area contributed by atoms with Gasteiger partial charge in [0.25, 0.3) is 5.91 Å². The van der Waals surface area contributed by atoms with Crippen LogP contribution in [0, 0.1) is 13.8 Å². The highest BCUT2D eigenvalue weighted by molar-refractivity contribution is 6.05. The first-order valence-electron chi connectivity index (χ1n) is 8.52. The summed E-state index contributed by atoms with van der Waals surface area (Å²) < 4.78 is 5.05. The number of anilines is 2. The van der Waals surface area contributed by atoms with E-state index in [4.69, 9.17) is 4.42 Å². The molecule has 0 unspecified atom stereocenters. The Kier molecular flexibility index (Phi) is 5.52. The van der Waals surface area contributed by atoms with Crippen LogP contribution in [0.5, 0.6) is 0 Å². The van der Waals surface area contributed by atoms with Crippen molar-refractivity contribution < 1.29 is 14.0 Å². The lowest BCUT2D eigenvalue weighted by Crippen LogP contribution is -2.10. The number of hydrogen-bond acceptors (Lipinski definition) is 4. The molecule has 2 aromatic carbocycles. The van der Waals surface area contributed by atoms with Crippen LogP contribution in [-0.4, -0.2) is 11.7 Å². The first-order valence-corrected chi connectivity index (χ1v) is 8.52. The Hall–Kier alpha value is -3.60. The van der Waals surface area contributed by atoms with Gasteiger partial charge in [-0.05, 0) is 67.4 Å². The largest absolute Gasteiger partial charge is 0.459 e. The molecule has 0 bridgehead atoms. The van der Waals surface area contributed by atoms with E-state index in [0.717, 1.165) is 16.8 Å². The highest BCUT2D eigenvalue weighted by Gasteiger charge is 2.08. The van der Waals surface area contributed by atoms with Gasteiger partial charge in [0.2, 0.25) is 0 Å². The second-order valence-electron chi connectivity index (χ2n) is 6.15. The molecule has 0 radical (unpaired) electrons. The summed E-state index contributed by atoms with van der Waals surface area (Å²) in [5.74, 6) is -0.113. The second-order valence-corrected chi connectivity index (χ2v) is 6.15. The summed E-state index contributed by atoms with van der Waals surface area (Å²) in [5, 5.41) is 5.79. The lowest BCUT2D eigenvalue weighted by atomic mass is 10.0. The van der Waals surface area contributed by atoms with E-state index in [1.54, 1.807) is 30.5 Å². The topological polar surface area (TPSA) is 71.3 Å². The third-order valence-electron chi connectivity index (χ3n) is 4.16. The minimum atomic E-state index is -0.306. The molecule has 1 aromatic heterocycles. The third-order valence-corrected chi connectivity index (χ3v) is 4.16. The molecule has 5 nitrogen and oxygen atoms in total. The number of amides is 1. The van der Waals surface area contributed by atoms with Gasteiger partial charge >= 0.3 is 0 Å². The molecule has 0 saturated heterocycles. The molecule has 27 heavy (non-hydrogen) atoms. The van der Waals surface area contributed by atoms with Crippen molar-refractivity contribution in [1.29, 1.82) is 0 Å². The van der Waals surface area contributed by atoms with Crippen LogP contribution < -0.4 is 10.6 Å². The van der Waals surface area contributed by atoms with E-state index < -0.39 is 0 Å². The van der Waals surface area contributed by atoms with Crippen molar-refractivity contribution in [1.82, 2.24) is 0 Å². The van der Waals surface area contributed by atoms with Crippen molar-refractivity contribution in [3.63, 3.8) is 0 Å². The fourth-order valence-electron chi connectivity index (χ4n) is 2.45. The number of benzene rings is 2. The van der Waals surface area contributed by atoms with Gasteiger partial charge in [0, 0.05) is 29.2 Å². The van der Waals surface area contributed by atoms with E-state index in [1.165, 1.54) is 12.3 Å². The molecule has 0 atom stereocenters. The first-order chi connectivity index (χ1) is 13.0. The zero-order valence-electron chi connectivity index (χ0n) is 15.2. The fraction of sp³-hybridized carbons (Fsp3) is 0.0909. The minimum Gasteiger partial charge on any atom is -0.459 e. The van der Waals surface area contributed by atoms with Gasteiger partial charge in [-0.1, -0.05) is 12.1 Å². The molecule has 2 N–H and O–H groups in total. The molecule has 3 aromatic rings. The maximum atomic E-state index is 12.2. The monoisotopic (exact) mass is 360 g/mol. The number of carbonyl (C=O) groups excluding carboxylic acids is 2. The summed E-state index contributed by atoms with van der Waals surface area (Å²) in [5.41, 5.74) is 4.36. The van der Waals surface area contributed by atoms with E-state index in [1.807, 2.05) is 44.2 Å². The number of aryl methyl sites for hydroxylation is 2. The van der Waals surface area contributed by atoms with Gasteiger partial charge in [-0.25, -0.2) is 0 Å². The van der Waals surface area contributed by atoms with Crippen LogP contribution in [0.1, 0.15) is 32.0 Å². The number of carbonyl (C=O) groups is 2. The summed E-state index contributed by atoms with van der Waals surface area (Å²) >= 11 is 0. The highest BCUT2D eigenvalue weighted by Crippen LogP contribution is 2.15. The van der Waals surface area contributed by atoms with Crippen LogP contribution >= 0.6 is 0 Å². The molecular weight excluding hydrogens is 340 g/mol. The van der Waals surface area contributed by atoms with E-state index in [2.05, 4.69) is 10.6 Å². The molecule has 1 heterocycles. The quantitative estimate of drug-likeness (QED) is 0.481. The Morgan fingerprint density at radius 1 is 0.926 bits per heavy atom. The molecule has 0 spiro atoms. The Morgan fingerprint density at radius 3 is 2.33 bits per heavy atom. The number of allylic oxidation sites excluding steroid dienone is 1. The molecule has 0 aliphatic rings. The summed E-state index contributed by atoms with van der Waals surface area (Å²) in [6, 6.07) is 16.1. The third kappa shape index (κ3) is 4.73. The number of rotatable bonds is 6.